The molecular weight excluding hydrogens is 451 g/mol. The van der Waals surface area contributed by atoms with Crippen LogP contribution in [0.25, 0.3) is 0 Å². The average Bonchev–Trinajstić information content (AvgIpc) is 3.48. The molecular formula is C32H33BN2Si. The van der Waals surface area contributed by atoms with E-state index >= 15 is 0 Å². The molecule has 0 aliphatic rings. The minimum absolute atomic E-state index is 0.484. The molecule has 0 amide bonds. The first-order valence-electron chi connectivity index (χ1n) is 12.5. The van der Waals surface area contributed by atoms with Crippen LogP contribution in [0.2, 0.25) is 12.9 Å². The van der Waals surface area contributed by atoms with Gasteiger partial charge in [-0.3, -0.25) is 0 Å². The number of allylic oxidation sites excluding steroid dienone is 1. The molecule has 2 nitrogen and oxygen atoms in total. The number of nitrogens with zero attached hydrogens (tertiary/aromatic N) is 2. The molecule has 178 valence electrons. The van der Waals surface area contributed by atoms with Crippen LogP contribution in [-0.2, 0) is 6.17 Å². The number of hydrogen-bond donors (Lipinski definition) is 0. The molecule has 5 aromatic rings. The number of benzene rings is 4. The van der Waals surface area contributed by atoms with Crippen LogP contribution in [0.15, 0.2) is 153 Å². The molecule has 4 aromatic carbocycles. The first kappa shape index (κ1) is 25.2. The molecule has 0 bridgehead atoms. The molecule has 5 rings (SSSR count). The first-order valence-corrected chi connectivity index (χ1v) is 14.9. The fourth-order valence-corrected chi connectivity index (χ4v) is 9.04. The molecule has 1 aromatic heterocycles. The van der Waals surface area contributed by atoms with Gasteiger partial charge in [0, 0.05) is 18.6 Å². The van der Waals surface area contributed by atoms with E-state index in [9.17, 15) is 0 Å². The van der Waals surface area contributed by atoms with E-state index in [-0.39, 0.29) is 0 Å². The minimum Gasteiger partial charge on any atom is -0.340 e. The largest absolute Gasteiger partial charge is 0.340 e. The zero-order chi connectivity index (χ0) is 25.1. The van der Waals surface area contributed by atoms with Gasteiger partial charge in [0.25, 0.3) is 0 Å². The lowest BCUT2D eigenvalue weighted by Crippen LogP contribution is -2.61. The molecule has 0 aliphatic heterocycles. The highest BCUT2D eigenvalue weighted by molar-refractivity contribution is 7.01. The second-order valence-corrected chi connectivity index (χ2v) is 13.1. The smallest absolute Gasteiger partial charge is 0.206 e. The number of imidazole rings is 1. The summed E-state index contributed by atoms with van der Waals surface area (Å²) in [6, 6.07) is 44.0. The van der Waals surface area contributed by atoms with Crippen LogP contribution >= 0.6 is 0 Å². The van der Waals surface area contributed by atoms with Gasteiger partial charge < -0.3 is 4.57 Å². The Balaban J connectivity index is 0.000000187. The summed E-state index contributed by atoms with van der Waals surface area (Å²) < 4.78 is 2.20. The van der Waals surface area contributed by atoms with E-state index in [0.717, 1.165) is 12.2 Å². The highest BCUT2D eigenvalue weighted by Gasteiger charge is 2.36. The Bertz CT molecular complexity index is 1210. The normalized spacial score (nSPS) is 10.7. The van der Waals surface area contributed by atoms with E-state index < -0.39 is 8.07 Å². The minimum atomic E-state index is -1.95. The summed E-state index contributed by atoms with van der Waals surface area (Å²) in [5.41, 5.74) is 2.75. The van der Waals surface area contributed by atoms with Crippen molar-refractivity contribution in [2.45, 2.75) is 19.0 Å². The Hall–Kier alpha value is -3.89. The van der Waals surface area contributed by atoms with Crippen molar-refractivity contribution in [1.82, 2.24) is 9.55 Å². The van der Waals surface area contributed by atoms with Gasteiger partial charge in [0.15, 0.2) is 0 Å². The van der Waals surface area contributed by atoms with Gasteiger partial charge in [-0.05, 0) is 6.04 Å². The lowest BCUT2D eigenvalue weighted by Gasteiger charge is -2.32. The molecule has 0 saturated heterocycles. The fraction of sp³-hybridized carbons (Fsp3) is 0.0938. The predicted molar refractivity (Wildman–Crippen MR) is 159 cm³/mol. The van der Waals surface area contributed by atoms with Crippen LogP contribution in [0.3, 0.4) is 0 Å². The molecule has 0 unspecified atom stereocenters. The molecule has 0 atom stereocenters. The van der Waals surface area contributed by atoms with Crippen molar-refractivity contribution in [3.8, 4) is 0 Å². The van der Waals surface area contributed by atoms with Crippen LogP contribution in [0.5, 0.6) is 0 Å². The molecule has 0 N–H and O–H groups in total. The van der Waals surface area contributed by atoms with Crippen molar-refractivity contribution in [3.63, 3.8) is 0 Å². The van der Waals surface area contributed by atoms with Crippen molar-refractivity contribution in [2.75, 3.05) is 0 Å². The maximum absolute atomic E-state index is 4.21. The number of aromatic nitrogens is 2. The van der Waals surface area contributed by atoms with Crippen molar-refractivity contribution in [2.24, 2.45) is 0 Å². The van der Waals surface area contributed by atoms with Gasteiger partial charge in [-0.2, -0.15) is 0 Å². The van der Waals surface area contributed by atoms with Gasteiger partial charge in [-0.25, -0.2) is 4.98 Å². The number of rotatable bonds is 8. The highest BCUT2D eigenvalue weighted by Crippen LogP contribution is 2.15. The van der Waals surface area contributed by atoms with Crippen molar-refractivity contribution >= 4 is 36.1 Å². The first-order chi connectivity index (χ1) is 17.7. The van der Waals surface area contributed by atoms with Crippen LogP contribution in [-0.4, -0.2) is 24.3 Å². The van der Waals surface area contributed by atoms with Gasteiger partial charge >= 0.3 is 0 Å². The van der Waals surface area contributed by atoms with Gasteiger partial charge in [-0.15, -0.1) is 6.58 Å². The monoisotopic (exact) mass is 484 g/mol. The summed E-state index contributed by atoms with van der Waals surface area (Å²) in [7, 11) is -1.95. The Morgan fingerprint density at radius 3 is 1.56 bits per heavy atom. The molecule has 0 aliphatic carbocycles. The summed E-state index contributed by atoms with van der Waals surface area (Å²) in [6.07, 6.45) is 8.87. The van der Waals surface area contributed by atoms with E-state index in [4.69, 9.17) is 0 Å². The van der Waals surface area contributed by atoms with Crippen LogP contribution < -0.4 is 21.3 Å². The van der Waals surface area contributed by atoms with Crippen LogP contribution in [0, 0.1) is 0 Å². The SMILES string of the molecule is C=CC[Si](Cn1ccnc1)(c1ccccc1)c1ccccc1.CB(c1ccccc1)c1ccccc1. The summed E-state index contributed by atoms with van der Waals surface area (Å²) >= 11 is 0. The Morgan fingerprint density at radius 2 is 1.17 bits per heavy atom. The van der Waals surface area contributed by atoms with Crippen molar-refractivity contribution in [1.29, 1.82) is 0 Å². The number of hydrogen-bond acceptors (Lipinski definition) is 1. The third kappa shape index (κ3) is 6.21. The van der Waals surface area contributed by atoms with Crippen molar-refractivity contribution < 1.29 is 0 Å². The molecule has 0 spiro atoms. The Morgan fingerprint density at radius 1 is 0.722 bits per heavy atom. The maximum atomic E-state index is 4.21. The second-order valence-electron chi connectivity index (χ2n) is 9.09. The van der Waals surface area contributed by atoms with Gasteiger partial charge in [0.2, 0.25) is 6.71 Å². The zero-order valence-corrected chi connectivity index (χ0v) is 21.9. The summed E-state index contributed by atoms with van der Waals surface area (Å²) in [5.74, 6) is 0. The van der Waals surface area contributed by atoms with Crippen LogP contribution in [0.1, 0.15) is 0 Å². The van der Waals surface area contributed by atoms with Gasteiger partial charge in [-0.1, -0.05) is 156 Å². The quantitative estimate of drug-likeness (QED) is 0.229. The lowest BCUT2D eigenvalue weighted by atomic mass is 9.43. The van der Waals surface area contributed by atoms with E-state index in [1.165, 1.54) is 21.3 Å². The van der Waals surface area contributed by atoms with E-state index in [2.05, 4.69) is 157 Å². The van der Waals surface area contributed by atoms with Crippen LogP contribution in [0.4, 0.5) is 0 Å². The van der Waals surface area contributed by atoms with E-state index in [0.29, 0.717) is 6.71 Å². The molecule has 0 radical (unpaired) electrons. The fourth-order valence-electron chi connectivity index (χ4n) is 4.78. The summed E-state index contributed by atoms with van der Waals surface area (Å²) in [4.78, 5) is 4.21. The van der Waals surface area contributed by atoms with Gasteiger partial charge in [0.05, 0.1) is 6.33 Å². The lowest BCUT2D eigenvalue weighted by molar-refractivity contribution is 0.855. The third-order valence-electron chi connectivity index (χ3n) is 6.76. The molecule has 36 heavy (non-hydrogen) atoms. The Labute approximate surface area is 217 Å². The van der Waals surface area contributed by atoms with Crippen molar-refractivity contribution in [3.05, 3.63) is 153 Å². The standard InChI is InChI=1S/C19H20N2Si.C13H13B/c1-2-15-22(17-21-14-13-20-16-21,18-9-5-3-6-10-18)19-11-7-4-8-12-19;1-14(12-8-4-2-5-9-12)13-10-6-3-7-11-13/h2-14,16H,1,15,17H2;2-11H,1H3. The summed E-state index contributed by atoms with van der Waals surface area (Å²) in [5, 5.41) is 2.88. The highest BCUT2D eigenvalue weighted by atomic mass is 28.3. The summed E-state index contributed by atoms with van der Waals surface area (Å²) in [6.45, 7) is 6.76. The molecule has 4 heteroatoms. The van der Waals surface area contributed by atoms with Gasteiger partial charge in [0.1, 0.15) is 8.07 Å². The zero-order valence-electron chi connectivity index (χ0n) is 20.9. The van der Waals surface area contributed by atoms with E-state index in [1.807, 2.05) is 12.5 Å². The predicted octanol–water partition coefficient (Wildman–Crippen LogP) is 4.80. The van der Waals surface area contributed by atoms with E-state index in [1.54, 1.807) is 0 Å². The second kappa shape index (κ2) is 12.7. The third-order valence-corrected chi connectivity index (χ3v) is 11.5. The molecule has 0 saturated carbocycles. The maximum Gasteiger partial charge on any atom is 0.206 e. The molecule has 0 fully saturated rings. The Kier molecular flexibility index (Phi) is 8.90. The molecule has 1 heterocycles. The topological polar surface area (TPSA) is 17.8 Å². The average molecular weight is 485 g/mol.